The first-order chi connectivity index (χ1) is 8.99. The number of nitrogens with one attached hydrogen (secondary N) is 1. The molecule has 1 amide bonds. The Labute approximate surface area is 113 Å². The SMILES string of the molecule is Cc1cc(F)ccc1C(=O)NN1C(C)CCCC1C. The third-order valence-corrected chi connectivity index (χ3v) is 3.86. The van der Waals surface area contributed by atoms with Gasteiger partial charge < -0.3 is 0 Å². The monoisotopic (exact) mass is 264 g/mol. The first kappa shape index (κ1) is 14.0. The second-order valence-corrected chi connectivity index (χ2v) is 5.44. The predicted octanol–water partition coefficient (Wildman–Crippen LogP) is 3.04. The van der Waals surface area contributed by atoms with E-state index in [9.17, 15) is 9.18 Å². The highest BCUT2D eigenvalue weighted by molar-refractivity contribution is 5.95. The molecule has 1 heterocycles. The van der Waals surface area contributed by atoms with Crippen LogP contribution in [0.15, 0.2) is 18.2 Å². The largest absolute Gasteiger partial charge is 0.284 e. The maximum Gasteiger partial charge on any atom is 0.265 e. The Hall–Kier alpha value is -1.42. The Morgan fingerprint density at radius 2 is 1.95 bits per heavy atom. The number of carbonyl (C=O) groups excluding carboxylic acids is 1. The number of nitrogens with zero attached hydrogens (tertiary/aromatic N) is 1. The predicted molar refractivity (Wildman–Crippen MR) is 73.2 cm³/mol. The quantitative estimate of drug-likeness (QED) is 0.890. The summed E-state index contributed by atoms with van der Waals surface area (Å²) in [4.78, 5) is 12.3. The van der Waals surface area contributed by atoms with E-state index in [1.165, 1.54) is 18.6 Å². The summed E-state index contributed by atoms with van der Waals surface area (Å²) in [5, 5.41) is 2.02. The molecular formula is C15H21FN2O. The van der Waals surface area contributed by atoms with Crippen molar-refractivity contribution in [2.24, 2.45) is 0 Å². The lowest BCUT2D eigenvalue weighted by molar-refractivity contribution is 0.0369. The zero-order valence-electron chi connectivity index (χ0n) is 11.7. The second-order valence-electron chi connectivity index (χ2n) is 5.44. The number of amides is 1. The number of benzene rings is 1. The number of aryl methyl sites for hydroxylation is 1. The molecule has 19 heavy (non-hydrogen) atoms. The van der Waals surface area contributed by atoms with Crippen LogP contribution in [0.5, 0.6) is 0 Å². The molecule has 1 aromatic rings. The topological polar surface area (TPSA) is 32.3 Å². The molecule has 4 heteroatoms. The van der Waals surface area contributed by atoms with Gasteiger partial charge >= 0.3 is 0 Å². The Morgan fingerprint density at radius 1 is 1.32 bits per heavy atom. The third-order valence-electron chi connectivity index (χ3n) is 3.86. The molecule has 0 saturated carbocycles. The zero-order chi connectivity index (χ0) is 14.0. The fourth-order valence-corrected chi connectivity index (χ4v) is 2.70. The number of carbonyl (C=O) groups is 1. The molecule has 1 aromatic carbocycles. The number of halogens is 1. The fraction of sp³-hybridized carbons (Fsp3) is 0.533. The first-order valence-corrected chi connectivity index (χ1v) is 6.84. The van der Waals surface area contributed by atoms with Gasteiger partial charge in [0.1, 0.15) is 5.82 Å². The van der Waals surface area contributed by atoms with Crippen LogP contribution in [0.25, 0.3) is 0 Å². The van der Waals surface area contributed by atoms with Gasteiger partial charge in [-0.15, -0.1) is 0 Å². The van der Waals surface area contributed by atoms with Gasteiger partial charge in [0.2, 0.25) is 0 Å². The van der Waals surface area contributed by atoms with Gasteiger partial charge in [-0.05, 0) is 57.4 Å². The lowest BCUT2D eigenvalue weighted by atomic mass is 10.00. The number of piperidine rings is 1. The van der Waals surface area contributed by atoms with Crippen LogP contribution in [0.3, 0.4) is 0 Å². The van der Waals surface area contributed by atoms with E-state index >= 15 is 0 Å². The highest BCUT2D eigenvalue weighted by atomic mass is 19.1. The minimum Gasteiger partial charge on any atom is -0.284 e. The van der Waals surface area contributed by atoms with Crippen molar-refractivity contribution >= 4 is 5.91 Å². The van der Waals surface area contributed by atoms with Crippen molar-refractivity contribution < 1.29 is 9.18 Å². The van der Waals surface area contributed by atoms with Crippen LogP contribution in [0, 0.1) is 12.7 Å². The summed E-state index contributed by atoms with van der Waals surface area (Å²) in [5.74, 6) is -0.466. The van der Waals surface area contributed by atoms with Gasteiger partial charge in [0.15, 0.2) is 0 Å². The highest BCUT2D eigenvalue weighted by Crippen LogP contribution is 2.21. The molecule has 2 rings (SSSR count). The molecule has 2 atom stereocenters. The van der Waals surface area contributed by atoms with Gasteiger partial charge in [0, 0.05) is 17.6 Å². The van der Waals surface area contributed by atoms with Crippen LogP contribution in [0.2, 0.25) is 0 Å². The lowest BCUT2D eigenvalue weighted by Gasteiger charge is -2.38. The normalized spacial score (nSPS) is 24.2. The maximum absolute atomic E-state index is 13.1. The van der Waals surface area contributed by atoms with Crippen LogP contribution < -0.4 is 5.43 Å². The number of hydrogen-bond donors (Lipinski definition) is 1. The Morgan fingerprint density at radius 3 is 2.53 bits per heavy atom. The lowest BCUT2D eigenvalue weighted by Crippen LogP contribution is -2.54. The van der Waals surface area contributed by atoms with Gasteiger partial charge in [0.25, 0.3) is 5.91 Å². The maximum atomic E-state index is 13.1. The highest BCUT2D eigenvalue weighted by Gasteiger charge is 2.26. The molecule has 1 N–H and O–H groups in total. The van der Waals surface area contributed by atoms with Crippen LogP contribution >= 0.6 is 0 Å². The van der Waals surface area contributed by atoms with E-state index in [1.807, 2.05) is 5.01 Å². The van der Waals surface area contributed by atoms with Crippen LogP contribution in [-0.2, 0) is 0 Å². The van der Waals surface area contributed by atoms with Crippen molar-refractivity contribution in [1.82, 2.24) is 10.4 Å². The van der Waals surface area contributed by atoms with E-state index in [0.29, 0.717) is 23.2 Å². The van der Waals surface area contributed by atoms with Gasteiger partial charge in [-0.2, -0.15) is 0 Å². The van der Waals surface area contributed by atoms with Crippen molar-refractivity contribution in [2.75, 3.05) is 0 Å². The minimum atomic E-state index is -0.311. The van der Waals surface area contributed by atoms with E-state index in [1.54, 1.807) is 13.0 Å². The molecule has 0 radical (unpaired) electrons. The van der Waals surface area contributed by atoms with E-state index in [-0.39, 0.29) is 11.7 Å². The molecule has 1 fully saturated rings. The first-order valence-electron chi connectivity index (χ1n) is 6.84. The average molecular weight is 264 g/mol. The van der Waals surface area contributed by atoms with Crippen molar-refractivity contribution in [3.8, 4) is 0 Å². The molecule has 104 valence electrons. The fourth-order valence-electron chi connectivity index (χ4n) is 2.70. The number of hydrogen-bond acceptors (Lipinski definition) is 2. The molecule has 0 aromatic heterocycles. The Kier molecular flexibility index (Phi) is 4.20. The van der Waals surface area contributed by atoms with E-state index < -0.39 is 0 Å². The average Bonchev–Trinajstić information content (AvgIpc) is 2.33. The van der Waals surface area contributed by atoms with E-state index in [0.717, 1.165) is 12.8 Å². The van der Waals surface area contributed by atoms with Gasteiger partial charge in [-0.1, -0.05) is 6.42 Å². The molecule has 2 unspecified atom stereocenters. The molecule has 1 aliphatic rings. The Bertz CT molecular complexity index is 465. The zero-order valence-corrected chi connectivity index (χ0v) is 11.7. The molecule has 1 saturated heterocycles. The minimum absolute atomic E-state index is 0.155. The summed E-state index contributed by atoms with van der Waals surface area (Å²) in [6, 6.07) is 4.93. The summed E-state index contributed by atoms with van der Waals surface area (Å²) in [6.45, 7) is 5.99. The van der Waals surface area contributed by atoms with Crippen LogP contribution in [-0.4, -0.2) is 23.0 Å². The van der Waals surface area contributed by atoms with Crippen LogP contribution in [0.1, 0.15) is 49.0 Å². The molecule has 0 aliphatic carbocycles. The summed E-state index contributed by atoms with van der Waals surface area (Å²) >= 11 is 0. The molecule has 0 bridgehead atoms. The summed E-state index contributed by atoms with van der Waals surface area (Å²) in [5.41, 5.74) is 4.16. The van der Waals surface area contributed by atoms with Gasteiger partial charge in [0.05, 0.1) is 0 Å². The molecule has 0 spiro atoms. The smallest absolute Gasteiger partial charge is 0.265 e. The summed E-state index contributed by atoms with van der Waals surface area (Å²) in [6.07, 6.45) is 3.38. The number of rotatable bonds is 2. The Balaban J connectivity index is 2.11. The van der Waals surface area contributed by atoms with E-state index in [4.69, 9.17) is 0 Å². The third kappa shape index (κ3) is 3.13. The summed E-state index contributed by atoms with van der Waals surface area (Å²) in [7, 11) is 0. The molecular weight excluding hydrogens is 243 g/mol. The van der Waals surface area contributed by atoms with Crippen LogP contribution in [0.4, 0.5) is 4.39 Å². The van der Waals surface area contributed by atoms with Gasteiger partial charge in [-0.25, -0.2) is 9.40 Å². The number of hydrazine groups is 1. The van der Waals surface area contributed by atoms with Crippen molar-refractivity contribution in [3.05, 3.63) is 35.1 Å². The van der Waals surface area contributed by atoms with Gasteiger partial charge in [-0.3, -0.25) is 10.2 Å². The molecule has 3 nitrogen and oxygen atoms in total. The summed E-state index contributed by atoms with van der Waals surface area (Å²) < 4.78 is 13.1. The van der Waals surface area contributed by atoms with Crippen molar-refractivity contribution in [2.45, 2.75) is 52.1 Å². The van der Waals surface area contributed by atoms with Crippen molar-refractivity contribution in [1.29, 1.82) is 0 Å². The molecule has 1 aliphatic heterocycles. The standard InChI is InChI=1S/C15H21FN2O/c1-10-9-13(16)7-8-14(10)15(19)17-18-11(2)5-4-6-12(18)3/h7-9,11-12H,4-6H2,1-3H3,(H,17,19). The van der Waals surface area contributed by atoms with E-state index in [2.05, 4.69) is 19.3 Å². The van der Waals surface area contributed by atoms with Crippen molar-refractivity contribution in [3.63, 3.8) is 0 Å². The second kappa shape index (κ2) is 5.70.